The van der Waals surface area contributed by atoms with Crippen molar-refractivity contribution in [1.29, 1.82) is 0 Å². The number of hydrogen-bond acceptors (Lipinski definition) is 0. The quantitative estimate of drug-likeness (QED) is 0.131. The molecule has 0 aliphatic rings. The molecule has 0 N–H and O–H groups in total. The van der Waals surface area contributed by atoms with E-state index in [4.69, 9.17) is 0 Å². The summed E-state index contributed by atoms with van der Waals surface area (Å²) in [6.07, 6.45) is 0.834. The molecular formula is C42H41P3. The maximum Gasteiger partial charge on any atom is 0.0430 e. The van der Waals surface area contributed by atoms with Gasteiger partial charge in [-0.05, 0) is 39.8 Å². The fraction of sp³-hybridized carbons (Fsp3) is 0.143. The minimum absolute atomic E-state index is 0.582. The van der Waals surface area contributed by atoms with Crippen LogP contribution in [0.5, 0.6) is 0 Å². The van der Waals surface area contributed by atoms with Crippen LogP contribution in [0.2, 0.25) is 0 Å². The zero-order valence-electron chi connectivity index (χ0n) is 25.8. The standard InChI is InChI=1S/C42H41P3/c1-2-39(40(43,33-21-9-3-10-22-33)34-23-11-4-12-24-34,41(44,35-25-13-5-14-26-35)36-27-15-6-16-28-36)42(45,37-29-17-7-18-30-37)38-31-19-8-20-32-38/h3-32H,2,43-45H2,1H3. The molecule has 3 heteroatoms. The van der Waals surface area contributed by atoms with E-state index in [1.54, 1.807) is 0 Å². The van der Waals surface area contributed by atoms with Crippen LogP contribution in [0.3, 0.4) is 0 Å². The molecule has 0 heterocycles. The zero-order chi connectivity index (χ0) is 31.4. The molecule has 6 aromatic carbocycles. The van der Waals surface area contributed by atoms with Gasteiger partial charge in [-0.2, -0.15) is 0 Å². The molecule has 6 aromatic rings. The predicted molar refractivity (Wildman–Crippen MR) is 203 cm³/mol. The van der Waals surface area contributed by atoms with E-state index in [1.807, 2.05) is 0 Å². The van der Waals surface area contributed by atoms with Gasteiger partial charge in [-0.15, -0.1) is 27.7 Å². The van der Waals surface area contributed by atoms with Crippen molar-refractivity contribution in [2.45, 2.75) is 28.8 Å². The van der Waals surface area contributed by atoms with Gasteiger partial charge in [0.1, 0.15) is 0 Å². The largest absolute Gasteiger partial charge is 0.121 e. The summed E-state index contributed by atoms with van der Waals surface area (Å²) in [6.45, 7) is 2.39. The molecule has 45 heavy (non-hydrogen) atoms. The van der Waals surface area contributed by atoms with E-state index in [2.05, 4.69) is 217 Å². The van der Waals surface area contributed by atoms with Crippen LogP contribution < -0.4 is 0 Å². The van der Waals surface area contributed by atoms with Crippen molar-refractivity contribution in [3.8, 4) is 0 Å². The highest BCUT2D eigenvalue weighted by Gasteiger charge is 2.69. The summed E-state index contributed by atoms with van der Waals surface area (Å²) in [5, 5.41) is -1.78. The summed E-state index contributed by atoms with van der Waals surface area (Å²) in [7, 11) is 10.5. The Balaban J connectivity index is 1.92. The SMILES string of the molecule is CCC(C(P)(c1ccccc1)c1ccccc1)(C(P)(c1ccccc1)c1ccccc1)C(P)(c1ccccc1)c1ccccc1. The molecule has 0 aliphatic carbocycles. The van der Waals surface area contributed by atoms with Crippen LogP contribution in [0.4, 0.5) is 0 Å². The minimum atomic E-state index is -0.592. The molecule has 0 spiro atoms. The predicted octanol–water partition coefficient (Wildman–Crippen LogP) is 10.8. The Morgan fingerprint density at radius 1 is 0.311 bits per heavy atom. The molecule has 0 saturated heterocycles. The Hall–Kier alpha value is -3.39. The van der Waals surface area contributed by atoms with Gasteiger partial charge in [-0.25, -0.2) is 0 Å². The smallest absolute Gasteiger partial charge is 0.0430 e. The fourth-order valence-electron chi connectivity index (χ4n) is 7.95. The molecule has 0 nitrogen and oxygen atoms in total. The van der Waals surface area contributed by atoms with Crippen molar-refractivity contribution in [1.82, 2.24) is 0 Å². The first-order valence-electron chi connectivity index (χ1n) is 15.6. The zero-order valence-corrected chi connectivity index (χ0v) is 29.2. The topological polar surface area (TPSA) is 0 Å². The lowest BCUT2D eigenvalue weighted by atomic mass is 9.48. The molecule has 224 valence electrons. The summed E-state index contributed by atoms with van der Waals surface area (Å²) in [6, 6.07) is 66.7. The van der Waals surface area contributed by atoms with Gasteiger partial charge in [-0.3, -0.25) is 0 Å². The van der Waals surface area contributed by atoms with Crippen LogP contribution in [-0.4, -0.2) is 0 Å². The lowest BCUT2D eigenvalue weighted by Crippen LogP contribution is -2.63. The normalized spacial score (nSPS) is 12.5. The highest BCUT2D eigenvalue weighted by molar-refractivity contribution is 7.22. The first kappa shape index (κ1) is 31.6. The van der Waals surface area contributed by atoms with E-state index >= 15 is 0 Å². The summed E-state index contributed by atoms with van der Waals surface area (Å²) in [5.74, 6) is 0. The molecule has 0 fully saturated rings. The maximum absolute atomic E-state index is 3.48. The molecule has 3 unspecified atom stereocenters. The lowest BCUT2D eigenvalue weighted by Gasteiger charge is -2.66. The summed E-state index contributed by atoms with van der Waals surface area (Å²) < 4.78 is 0. The highest BCUT2D eigenvalue weighted by Crippen LogP contribution is 2.76. The van der Waals surface area contributed by atoms with Gasteiger partial charge in [0.05, 0.1) is 0 Å². The molecule has 6 rings (SSSR count). The molecule has 0 aromatic heterocycles. The molecule has 0 amide bonds. The van der Waals surface area contributed by atoms with Gasteiger partial charge in [-0.1, -0.05) is 189 Å². The van der Waals surface area contributed by atoms with Gasteiger partial charge >= 0.3 is 0 Å². The van der Waals surface area contributed by atoms with Crippen LogP contribution in [0, 0.1) is 5.41 Å². The molecule has 0 bridgehead atoms. The van der Waals surface area contributed by atoms with Crippen molar-refractivity contribution < 1.29 is 0 Å². The van der Waals surface area contributed by atoms with Gasteiger partial charge in [0, 0.05) is 20.9 Å². The van der Waals surface area contributed by atoms with Crippen molar-refractivity contribution in [2.24, 2.45) is 5.41 Å². The second-order valence-corrected chi connectivity index (χ2v) is 14.5. The Bertz CT molecular complexity index is 1460. The number of benzene rings is 6. The van der Waals surface area contributed by atoms with Gasteiger partial charge in [0.2, 0.25) is 0 Å². The lowest BCUT2D eigenvalue weighted by molar-refractivity contribution is 0.108. The second-order valence-electron chi connectivity index (χ2n) is 11.9. The molecule has 0 radical (unpaired) electrons. The second kappa shape index (κ2) is 13.1. The van der Waals surface area contributed by atoms with E-state index in [1.165, 1.54) is 33.4 Å². The van der Waals surface area contributed by atoms with Crippen LogP contribution >= 0.6 is 27.7 Å². The van der Waals surface area contributed by atoms with Crippen LogP contribution in [0.15, 0.2) is 182 Å². The molecular weight excluding hydrogens is 597 g/mol. The number of rotatable bonds is 10. The Labute approximate surface area is 276 Å². The Morgan fingerprint density at radius 2 is 0.467 bits per heavy atom. The monoisotopic (exact) mass is 638 g/mol. The molecule has 0 saturated carbocycles. The van der Waals surface area contributed by atoms with Crippen molar-refractivity contribution in [3.63, 3.8) is 0 Å². The average molecular weight is 639 g/mol. The van der Waals surface area contributed by atoms with E-state index in [0.717, 1.165) is 6.42 Å². The summed E-state index contributed by atoms with van der Waals surface area (Å²) in [4.78, 5) is 0. The maximum atomic E-state index is 3.48. The first-order valence-corrected chi connectivity index (χ1v) is 17.4. The van der Waals surface area contributed by atoms with Crippen LogP contribution in [0.25, 0.3) is 0 Å². The van der Waals surface area contributed by atoms with Gasteiger partial charge < -0.3 is 0 Å². The minimum Gasteiger partial charge on any atom is -0.121 e. The van der Waals surface area contributed by atoms with Crippen molar-refractivity contribution >= 4 is 27.7 Å². The third-order valence-corrected chi connectivity index (χ3v) is 13.4. The van der Waals surface area contributed by atoms with Crippen LogP contribution in [0.1, 0.15) is 46.7 Å². The van der Waals surface area contributed by atoms with Gasteiger partial charge in [0.25, 0.3) is 0 Å². The molecule has 3 atom stereocenters. The van der Waals surface area contributed by atoms with Crippen molar-refractivity contribution in [3.05, 3.63) is 215 Å². The number of hydrogen-bond donors (Lipinski definition) is 0. The third kappa shape index (κ3) is 4.95. The average Bonchev–Trinajstić information content (AvgIpc) is 3.13. The first-order chi connectivity index (χ1) is 21.9. The Kier molecular flexibility index (Phi) is 9.23. The summed E-state index contributed by atoms with van der Waals surface area (Å²) in [5.41, 5.74) is 6.92. The van der Waals surface area contributed by atoms with E-state index in [0.29, 0.717) is 0 Å². The third-order valence-electron chi connectivity index (χ3n) is 9.92. The molecule has 0 aliphatic heterocycles. The summed E-state index contributed by atoms with van der Waals surface area (Å²) >= 11 is 0. The Morgan fingerprint density at radius 3 is 0.600 bits per heavy atom. The van der Waals surface area contributed by atoms with E-state index in [9.17, 15) is 0 Å². The van der Waals surface area contributed by atoms with Gasteiger partial charge in [0.15, 0.2) is 0 Å². The highest BCUT2D eigenvalue weighted by atomic mass is 31.0. The fourth-order valence-corrected chi connectivity index (χ4v) is 11.6. The van der Waals surface area contributed by atoms with E-state index < -0.39 is 20.9 Å². The van der Waals surface area contributed by atoms with Crippen molar-refractivity contribution in [2.75, 3.05) is 0 Å². The van der Waals surface area contributed by atoms with Crippen LogP contribution in [-0.2, 0) is 15.5 Å². The van der Waals surface area contributed by atoms with E-state index in [-0.39, 0.29) is 0 Å².